The first-order valence-corrected chi connectivity index (χ1v) is 6.56. The van der Waals surface area contributed by atoms with Gasteiger partial charge in [0.25, 0.3) is 0 Å². The van der Waals surface area contributed by atoms with Crippen molar-refractivity contribution in [1.29, 1.82) is 0 Å². The van der Waals surface area contributed by atoms with Crippen LogP contribution < -0.4 is 5.73 Å². The molecule has 1 unspecified atom stereocenters. The van der Waals surface area contributed by atoms with Crippen LogP contribution in [0.1, 0.15) is 5.56 Å². The molecule has 2 aromatic rings. The van der Waals surface area contributed by atoms with Gasteiger partial charge in [0, 0.05) is 16.1 Å². The summed E-state index contributed by atoms with van der Waals surface area (Å²) in [7, 11) is -1.42. The summed E-state index contributed by atoms with van der Waals surface area (Å²) in [6, 6.07) is 10.3. The Morgan fingerprint density at radius 1 is 1.06 bits per heavy atom. The number of nitrogens with two attached hydrogens (primary N) is 1. The highest BCUT2D eigenvalue weighted by Gasteiger charge is 2.11. The molecular weight excluding hydrogens is 256 g/mol. The van der Waals surface area contributed by atoms with Gasteiger partial charge in [0.1, 0.15) is 0 Å². The Morgan fingerprint density at radius 2 is 1.72 bits per heavy atom. The third-order valence-corrected chi connectivity index (χ3v) is 3.83. The van der Waals surface area contributed by atoms with E-state index in [-0.39, 0.29) is 11.3 Å². The molecule has 0 heterocycles. The first kappa shape index (κ1) is 12.7. The number of hydrogen-bond donors (Lipinski definition) is 1. The zero-order valence-electron chi connectivity index (χ0n) is 9.40. The van der Waals surface area contributed by atoms with E-state index in [1.54, 1.807) is 24.3 Å². The lowest BCUT2D eigenvalue weighted by atomic mass is 10.2. The van der Waals surface area contributed by atoms with Gasteiger partial charge in [-0.25, -0.2) is 8.78 Å². The van der Waals surface area contributed by atoms with Gasteiger partial charge in [-0.05, 0) is 30.3 Å². The normalized spacial score (nSPS) is 12.3. The zero-order chi connectivity index (χ0) is 13.1. The molecule has 0 aliphatic heterocycles. The molecule has 2 rings (SSSR count). The Balaban J connectivity index is 2.21. The Hall–Kier alpha value is -1.75. The molecule has 0 bridgehead atoms. The van der Waals surface area contributed by atoms with Crippen molar-refractivity contribution >= 4 is 16.5 Å². The number of nitrogen functional groups attached to an aromatic ring is 1. The zero-order valence-corrected chi connectivity index (χ0v) is 10.2. The maximum absolute atomic E-state index is 13.4. The molecular formula is C13H11F2NOS. The molecule has 0 spiro atoms. The van der Waals surface area contributed by atoms with Gasteiger partial charge in [0.05, 0.1) is 16.6 Å². The molecule has 0 amide bonds. The van der Waals surface area contributed by atoms with Crippen LogP contribution >= 0.6 is 0 Å². The molecule has 2 N–H and O–H groups in total. The van der Waals surface area contributed by atoms with E-state index in [0.717, 1.165) is 6.07 Å². The van der Waals surface area contributed by atoms with E-state index in [1.807, 2.05) is 0 Å². The van der Waals surface area contributed by atoms with E-state index in [0.29, 0.717) is 10.6 Å². The predicted octanol–water partition coefficient (Wildman–Crippen LogP) is 2.85. The lowest BCUT2D eigenvalue weighted by molar-refractivity contribution is 0.502. The van der Waals surface area contributed by atoms with Gasteiger partial charge in [-0.1, -0.05) is 12.1 Å². The highest BCUT2D eigenvalue weighted by Crippen LogP contribution is 2.17. The summed E-state index contributed by atoms with van der Waals surface area (Å²) >= 11 is 0. The second-order valence-corrected chi connectivity index (χ2v) is 5.22. The monoisotopic (exact) mass is 267 g/mol. The van der Waals surface area contributed by atoms with Gasteiger partial charge in [0.2, 0.25) is 0 Å². The fraction of sp³-hybridized carbons (Fsp3) is 0.0769. The maximum Gasteiger partial charge on any atom is 0.162 e. The first-order chi connectivity index (χ1) is 8.58. The summed E-state index contributed by atoms with van der Waals surface area (Å²) in [6.07, 6.45) is 0. The van der Waals surface area contributed by atoms with Crippen molar-refractivity contribution in [2.24, 2.45) is 0 Å². The van der Waals surface area contributed by atoms with Crippen molar-refractivity contribution in [1.82, 2.24) is 0 Å². The van der Waals surface area contributed by atoms with Gasteiger partial charge in [0.15, 0.2) is 11.6 Å². The SMILES string of the molecule is Nc1ccc(S(=O)Cc2cccc(F)c2F)cc1. The first-order valence-electron chi connectivity index (χ1n) is 5.25. The van der Waals surface area contributed by atoms with Crippen molar-refractivity contribution in [2.45, 2.75) is 10.6 Å². The van der Waals surface area contributed by atoms with Crippen LogP contribution in [0.15, 0.2) is 47.4 Å². The molecule has 94 valence electrons. The molecule has 1 atom stereocenters. The number of rotatable bonds is 3. The Labute approximate surface area is 106 Å². The van der Waals surface area contributed by atoms with Gasteiger partial charge in [-0.3, -0.25) is 4.21 Å². The Kier molecular flexibility index (Phi) is 3.72. The lowest BCUT2D eigenvalue weighted by Gasteiger charge is -2.05. The smallest absolute Gasteiger partial charge is 0.162 e. The standard InChI is InChI=1S/C13H11F2NOS/c14-12-3-1-2-9(13(12)15)8-18(17)11-6-4-10(16)5-7-11/h1-7H,8,16H2. The molecule has 0 saturated carbocycles. The number of benzene rings is 2. The van der Waals surface area contributed by atoms with Crippen LogP contribution in [0.5, 0.6) is 0 Å². The van der Waals surface area contributed by atoms with Crippen molar-refractivity contribution in [3.63, 3.8) is 0 Å². The molecule has 0 fully saturated rings. The van der Waals surface area contributed by atoms with Crippen molar-refractivity contribution < 1.29 is 13.0 Å². The van der Waals surface area contributed by atoms with Crippen LogP contribution in [-0.2, 0) is 16.6 Å². The summed E-state index contributed by atoms with van der Waals surface area (Å²) in [5, 5.41) is 0. The molecule has 2 nitrogen and oxygen atoms in total. The summed E-state index contributed by atoms with van der Waals surface area (Å²) < 4.78 is 38.4. The van der Waals surface area contributed by atoms with E-state index < -0.39 is 22.4 Å². The van der Waals surface area contributed by atoms with Crippen LogP contribution in [0.3, 0.4) is 0 Å². The lowest BCUT2D eigenvalue weighted by Crippen LogP contribution is -2.01. The fourth-order valence-corrected chi connectivity index (χ4v) is 2.62. The van der Waals surface area contributed by atoms with E-state index in [4.69, 9.17) is 5.73 Å². The Bertz CT molecular complexity index is 584. The number of halogens is 2. The summed E-state index contributed by atoms with van der Waals surface area (Å²) in [4.78, 5) is 0.535. The summed E-state index contributed by atoms with van der Waals surface area (Å²) in [6.45, 7) is 0. The average Bonchev–Trinajstić information content (AvgIpc) is 2.36. The molecule has 5 heteroatoms. The molecule has 2 aromatic carbocycles. The van der Waals surface area contributed by atoms with Crippen molar-refractivity contribution in [2.75, 3.05) is 5.73 Å². The van der Waals surface area contributed by atoms with E-state index in [9.17, 15) is 13.0 Å². The van der Waals surface area contributed by atoms with Gasteiger partial charge < -0.3 is 5.73 Å². The van der Waals surface area contributed by atoms with Gasteiger partial charge >= 0.3 is 0 Å². The molecule has 0 aliphatic carbocycles. The maximum atomic E-state index is 13.4. The van der Waals surface area contributed by atoms with Gasteiger partial charge in [-0.15, -0.1) is 0 Å². The minimum Gasteiger partial charge on any atom is -0.399 e. The fourth-order valence-electron chi connectivity index (χ4n) is 1.50. The van der Waals surface area contributed by atoms with E-state index >= 15 is 0 Å². The Morgan fingerprint density at radius 3 is 2.39 bits per heavy atom. The molecule has 0 radical (unpaired) electrons. The van der Waals surface area contributed by atoms with Crippen molar-refractivity contribution in [3.05, 3.63) is 59.7 Å². The van der Waals surface area contributed by atoms with Crippen LogP contribution in [0.25, 0.3) is 0 Å². The highest BCUT2D eigenvalue weighted by molar-refractivity contribution is 7.84. The third kappa shape index (κ3) is 2.73. The van der Waals surface area contributed by atoms with Crippen molar-refractivity contribution in [3.8, 4) is 0 Å². The van der Waals surface area contributed by atoms with Crippen LogP contribution in [-0.4, -0.2) is 4.21 Å². The number of hydrogen-bond acceptors (Lipinski definition) is 2. The minimum absolute atomic E-state index is 0.0620. The summed E-state index contributed by atoms with van der Waals surface area (Å²) in [5.74, 6) is -1.93. The predicted molar refractivity (Wildman–Crippen MR) is 67.3 cm³/mol. The topological polar surface area (TPSA) is 43.1 Å². The molecule has 18 heavy (non-hydrogen) atoms. The van der Waals surface area contributed by atoms with Crippen LogP contribution in [0.2, 0.25) is 0 Å². The minimum atomic E-state index is -1.42. The average molecular weight is 267 g/mol. The van der Waals surface area contributed by atoms with Gasteiger partial charge in [-0.2, -0.15) is 0 Å². The largest absolute Gasteiger partial charge is 0.399 e. The molecule has 0 saturated heterocycles. The van der Waals surface area contributed by atoms with Crippen LogP contribution in [0, 0.1) is 11.6 Å². The quantitative estimate of drug-likeness (QED) is 0.869. The third-order valence-electron chi connectivity index (χ3n) is 2.46. The van der Waals surface area contributed by atoms with E-state index in [1.165, 1.54) is 12.1 Å². The second-order valence-electron chi connectivity index (χ2n) is 3.77. The van der Waals surface area contributed by atoms with E-state index in [2.05, 4.69) is 0 Å². The molecule has 0 aromatic heterocycles. The number of anilines is 1. The highest BCUT2D eigenvalue weighted by atomic mass is 32.2. The molecule has 0 aliphatic rings. The van der Waals surface area contributed by atoms with Crippen LogP contribution in [0.4, 0.5) is 14.5 Å². The summed E-state index contributed by atoms with van der Waals surface area (Å²) in [5.41, 5.74) is 6.18. The second kappa shape index (κ2) is 5.27.